The van der Waals surface area contributed by atoms with Crippen LogP contribution >= 0.6 is 22.9 Å². The van der Waals surface area contributed by atoms with E-state index in [9.17, 15) is 27.2 Å². The number of H-pyrrole nitrogens is 1. The fourth-order valence-corrected chi connectivity index (χ4v) is 3.93. The summed E-state index contributed by atoms with van der Waals surface area (Å²) in [7, 11) is 1.62. The minimum Gasteiger partial charge on any atom is -0.350 e. The maximum absolute atomic E-state index is 14.7. The summed E-state index contributed by atoms with van der Waals surface area (Å²) in [4.78, 5) is 31.8. The predicted molar refractivity (Wildman–Crippen MR) is 99.3 cm³/mol. The lowest BCUT2D eigenvalue weighted by Gasteiger charge is -2.12. The number of fused-ring (bicyclic) bond motifs is 1. The summed E-state index contributed by atoms with van der Waals surface area (Å²) in [5.41, 5.74) is -4.85. The van der Waals surface area contributed by atoms with Crippen LogP contribution in [0.5, 0.6) is 0 Å². The topological polar surface area (TPSA) is 94.8 Å². The molecule has 29 heavy (non-hydrogen) atoms. The third kappa shape index (κ3) is 3.83. The number of alkyl halides is 3. The zero-order valence-corrected chi connectivity index (χ0v) is 16.0. The van der Waals surface area contributed by atoms with Crippen LogP contribution in [0.25, 0.3) is 15.9 Å². The van der Waals surface area contributed by atoms with Crippen molar-refractivity contribution in [2.24, 2.45) is 0 Å². The van der Waals surface area contributed by atoms with Gasteiger partial charge in [0.25, 0.3) is 5.56 Å². The highest BCUT2D eigenvalue weighted by Crippen LogP contribution is 2.37. The average Bonchev–Trinajstić information content (AvgIpc) is 3.06. The Bertz CT molecular complexity index is 1230. The molecule has 0 aliphatic heterocycles. The molecule has 0 saturated carbocycles. The zero-order valence-electron chi connectivity index (χ0n) is 14.5. The van der Waals surface area contributed by atoms with Crippen molar-refractivity contribution >= 4 is 38.3 Å². The Morgan fingerprint density at radius 2 is 2.07 bits per heavy atom. The van der Waals surface area contributed by atoms with Gasteiger partial charge in [-0.15, -0.1) is 0 Å². The quantitative estimate of drug-likeness (QED) is 0.619. The maximum atomic E-state index is 14.7. The molecule has 0 unspecified atom stereocenters. The SMILES string of the molecule is CN(CCC#N)c1nc2c(Cl)cc(F)c(-n3c(=O)cc(C(F)(F)F)[nH]c3=O)c2s1. The minimum absolute atomic E-state index is 0.00108. The molecule has 2 aromatic heterocycles. The number of thiazole rings is 1. The Morgan fingerprint density at radius 1 is 1.38 bits per heavy atom. The normalized spacial score (nSPS) is 11.6. The Balaban J connectivity index is 2.28. The number of nitrogens with one attached hydrogen (secondary N) is 1. The Kier molecular flexibility index (Phi) is 5.38. The largest absolute Gasteiger partial charge is 0.431 e. The summed E-state index contributed by atoms with van der Waals surface area (Å²) < 4.78 is 53.4. The van der Waals surface area contributed by atoms with Crippen LogP contribution in [-0.2, 0) is 6.18 Å². The summed E-state index contributed by atoms with van der Waals surface area (Å²) in [5, 5.41) is 8.91. The molecule has 1 N–H and O–H groups in total. The van der Waals surface area contributed by atoms with Gasteiger partial charge in [0.15, 0.2) is 10.9 Å². The van der Waals surface area contributed by atoms with Crippen LogP contribution in [0.3, 0.4) is 0 Å². The summed E-state index contributed by atoms with van der Waals surface area (Å²) in [5.74, 6) is -1.08. The van der Waals surface area contributed by atoms with Crippen LogP contribution < -0.4 is 16.1 Å². The number of hydrogen-bond acceptors (Lipinski definition) is 6. The number of rotatable bonds is 4. The number of benzene rings is 1. The van der Waals surface area contributed by atoms with E-state index in [1.807, 2.05) is 6.07 Å². The second-order valence-electron chi connectivity index (χ2n) is 5.85. The highest BCUT2D eigenvalue weighted by molar-refractivity contribution is 7.22. The zero-order chi connectivity index (χ0) is 21.5. The average molecular weight is 448 g/mol. The van der Waals surface area contributed by atoms with Gasteiger partial charge < -0.3 is 9.88 Å². The van der Waals surface area contributed by atoms with E-state index in [2.05, 4.69) is 4.98 Å². The van der Waals surface area contributed by atoms with Crippen LogP contribution in [-0.4, -0.2) is 28.1 Å². The molecule has 1 aromatic carbocycles. The predicted octanol–water partition coefficient (Wildman–Crippen LogP) is 3.30. The monoisotopic (exact) mass is 447 g/mol. The molecule has 3 rings (SSSR count). The first-order valence-corrected chi connectivity index (χ1v) is 9.04. The summed E-state index contributed by atoms with van der Waals surface area (Å²) >= 11 is 6.90. The number of aromatic amines is 1. The van der Waals surface area contributed by atoms with Crippen molar-refractivity contribution in [2.75, 3.05) is 18.5 Å². The van der Waals surface area contributed by atoms with Gasteiger partial charge in [-0.2, -0.15) is 18.4 Å². The van der Waals surface area contributed by atoms with Gasteiger partial charge in [-0.25, -0.2) is 18.7 Å². The maximum Gasteiger partial charge on any atom is 0.431 e. The van der Waals surface area contributed by atoms with E-state index in [1.54, 1.807) is 11.9 Å². The minimum atomic E-state index is -4.95. The molecule has 0 atom stereocenters. The van der Waals surface area contributed by atoms with Crippen molar-refractivity contribution in [3.05, 3.63) is 49.5 Å². The van der Waals surface area contributed by atoms with Gasteiger partial charge in [0.2, 0.25) is 0 Å². The van der Waals surface area contributed by atoms with Crippen molar-refractivity contribution in [1.29, 1.82) is 5.26 Å². The van der Waals surface area contributed by atoms with Crippen molar-refractivity contribution in [1.82, 2.24) is 14.5 Å². The van der Waals surface area contributed by atoms with Crippen molar-refractivity contribution in [3.63, 3.8) is 0 Å². The van der Waals surface area contributed by atoms with Gasteiger partial charge in [-0.1, -0.05) is 22.9 Å². The van der Waals surface area contributed by atoms with E-state index in [0.29, 0.717) is 11.7 Å². The van der Waals surface area contributed by atoms with E-state index < -0.39 is 34.6 Å². The first-order chi connectivity index (χ1) is 13.5. The summed E-state index contributed by atoms with van der Waals surface area (Å²) in [6.45, 7) is 0.298. The van der Waals surface area contributed by atoms with Gasteiger partial charge in [0, 0.05) is 19.7 Å². The molecular weight excluding hydrogens is 438 g/mol. The van der Waals surface area contributed by atoms with Crippen LogP contribution in [0.1, 0.15) is 12.1 Å². The van der Waals surface area contributed by atoms with E-state index >= 15 is 0 Å². The summed E-state index contributed by atoms with van der Waals surface area (Å²) in [6, 6.07) is 2.95. The highest BCUT2D eigenvalue weighted by atomic mass is 35.5. The summed E-state index contributed by atoms with van der Waals surface area (Å²) in [6.07, 6.45) is -4.77. The molecule has 0 aliphatic rings. The molecule has 0 spiro atoms. The van der Waals surface area contributed by atoms with Crippen LogP contribution in [0.15, 0.2) is 21.7 Å². The molecule has 3 aromatic rings. The molecule has 0 amide bonds. The lowest BCUT2D eigenvalue weighted by atomic mass is 10.2. The second kappa shape index (κ2) is 7.49. The van der Waals surface area contributed by atoms with E-state index in [4.69, 9.17) is 16.9 Å². The Morgan fingerprint density at radius 3 is 2.66 bits per heavy atom. The molecule has 0 radical (unpaired) electrons. The van der Waals surface area contributed by atoms with Crippen LogP contribution in [0, 0.1) is 17.1 Å². The van der Waals surface area contributed by atoms with E-state index in [0.717, 1.165) is 17.4 Å². The lowest BCUT2D eigenvalue weighted by molar-refractivity contribution is -0.141. The molecule has 0 saturated heterocycles. The van der Waals surface area contributed by atoms with Crippen LogP contribution in [0.4, 0.5) is 22.7 Å². The molecule has 7 nitrogen and oxygen atoms in total. The standard InChI is InChI=1S/C16H10ClF4N5O2S/c1-25(4-2-3-22)15-24-11-7(17)5-8(18)12(13(11)29-15)26-10(27)6-9(16(19,20)21)23-14(26)28/h5-6H,2,4H2,1H3,(H,23,28). The smallest absolute Gasteiger partial charge is 0.350 e. The number of anilines is 1. The Hall–Kier alpha value is -2.91. The molecule has 2 heterocycles. The van der Waals surface area contributed by atoms with Gasteiger partial charge >= 0.3 is 11.9 Å². The number of nitriles is 1. The van der Waals surface area contributed by atoms with Gasteiger partial charge in [0.1, 0.15) is 16.9 Å². The number of hydrogen-bond donors (Lipinski definition) is 1. The van der Waals surface area contributed by atoms with Crippen molar-refractivity contribution in [2.45, 2.75) is 12.6 Å². The molecule has 0 bridgehead atoms. The van der Waals surface area contributed by atoms with Crippen molar-refractivity contribution < 1.29 is 17.6 Å². The molecule has 152 valence electrons. The highest BCUT2D eigenvalue weighted by Gasteiger charge is 2.33. The van der Waals surface area contributed by atoms with Gasteiger partial charge in [0.05, 0.1) is 22.2 Å². The first kappa shape index (κ1) is 20.8. The number of nitrogens with zero attached hydrogens (tertiary/aromatic N) is 4. The molecular formula is C16H10ClF4N5O2S. The Labute approximate surface area is 168 Å². The first-order valence-electron chi connectivity index (χ1n) is 7.85. The third-order valence-electron chi connectivity index (χ3n) is 3.88. The third-order valence-corrected chi connectivity index (χ3v) is 5.35. The number of halogens is 5. The van der Waals surface area contributed by atoms with Crippen molar-refractivity contribution in [3.8, 4) is 11.8 Å². The van der Waals surface area contributed by atoms with Crippen LogP contribution in [0.2, 0.25) is 5.02 Å². The van der Waals surface area contributed by atoms with Gasteiger partial charge in [-0.05, 0) is 6.07 Å². The van der Waals surface area contributed by atoms with E-state index in [-0.39, 0.29) is 32.3 Å². The molecule has 0 fully saturated rings. The lowest BCUT2D eigenvalue weighted by Crippen LogP contribution is -2.36. The fraction of sp³-hybridized carbons (Fsp3) is 0.250. The fourth-order valence-electron chi connectivity index (χ4n) is 2.53. The van der Waals surface area contributed by atoms with E-state index in [1.165, 1.54) is 4.98 Å². The molecule has 0 aliphatic carbocycles. The number of aromatic nitrogens is 3. The second-order valence-corrected chi connectivity index (χ2v) is 7.24. The van der Waals surface area contributed by atoms with Gasteiger partial charge in [-0.3, -0.25) is 4.79 Å². The molecule has 13 heteroatoms.